The van der Waals surface area contributed by atoms with E-state index in [-0.39, 0.29) is 6.04 Å². The lowest BCUT2D eigenvalue weighted by molar-refractivity contribution is 0.0682. The van der Waals surface area contributed by atoms with Gasteiger partial charge in [0, 0.05) is 11.7 Å². The predicted octanol–water partition coefficient (Wildman–Crippen LogP) is 3.36. The Morgan fingerprint density at radius 3 is 2.44 bits per heavy atom. The van der Waals surface area contributed by atoms with E-state index < -0.39 is 5.97 Å². The van der Waals surface area contributed by atoms with Crippen molar-refractivity contribution in [2.75, 3.05) is 0 Å². The third-order valence-electron chi connectivity index (χ3n) is 2.87. The lowest BCUT2D eigenvalue weighted by Crippen LogP contribution is -2.15. The number of rotatable bonds is 5. The number of hydrogen-bond donors (Lipinski definition) is 1. The van der Waals surface area contributed by atoms with Crippen molar-refractivity contribution >= 4 is 5.97 Å². The van der Waals surface area contributed by atoms with E-state index in [0.29, 0.717) is 11.6 Å². The molecule has 1 rings (SSSR count). The van der Waals surface area contributed by atoms with Gasteiger partial charge in [-0.2, -0.15) is 0 Å². The molecule has 3 nitrogen and oxygen atoms in total. The van der Waals surface area contributed by atoms with Crippen LogP contribution in [0, 0.1) is 5.92 Å². The van der Waals surface area contributed by atoms with Gasteiger partial charge >= 0.3 is 5.97 Å². The van der Waals surface area contributed by atoms with Crippen molar-refractivity contribution in [1.82, 2.24) is 4.57 Å². The number of carboxylic acid groups (broad SMARTS) is 1. The first-order valence-corrected chi connectivity index (χ1v) is 5.90. The minimum Gasteiger partial charge on any atom is -0.477 e. The van der Waals surface area contributed by atoms with Crippen LogP contribution >= 0.6 is 0 Å². The molecule has 0 fully saturated rings. The zero-order valence-electron chi connectivity index (χ0n) is 10.5. The minimum absolute atomic E-state index is 0.245. The first kappa shape index (κ1) is 12.8. The van der Waals surface area contributed by atoms with Crippen LogP contribution < -0.4 is 0 Å². The summed E-state index contributed by atoms with van der Waals surface area (Å²) in [6.07, 6.45) is 1.87. The number of nitrogens with zero attached hydrogens (tertiary/aromatic N) is 1. The standard InChI is InChI=1S/C13H21NO2/c1-5-10(4)14-11(8-9(2)3)6-7-12(14)13(15)16/h6-7,9-10H,5,8H2,1-4H3,(H,15,16). The highest BCUT2D eigenvalue weighted by molar-refractivity contribution is 5.86. The normalized spacial score (nSPS) is 13.1. The van der Waals surface area contributed by atoms with Crippen molar-refractivity contribution in [3.05, 3.63) is 23.5 Å². The van der Waals surface area contributed by atoms with E-state index in [2.05, 4.69) is 27.7 Å². The number of aromatic carboxylic acids is 1. The Balaban J connectivity index is 3.14. The van der Waals surface area contributed by atoms with Gasteiger partial charge in [-0.1, -0.05) is 20.8 Å². The molecule has 1 aromatic rings. The molecule has 3 heteroatoms. The molecular weight excluding hydrogens is 202 g/mol. The van der Waals surface area contributed by atoms with Crippen LogP contribution in [0.25, 0.3) is 0 Å². The van der Waals surface area contributed by atoms with Crippen molar-refractivity contribution in [1.29, 1.82) is 0 Å². The lowest BCUT2D eigenvalue weighted by atomic mass is 10.1. The van der Waals surface area contributed by atoms with Gasteiger partial charge < -0.3 is 9.67 Å². The smallest absolute Gasteiger partial charge is 0.352 e. The summed E-state index contributed by atoms with van der Waals surface area (Å²) in [5.41, 5.74) is 1.53. The van der Waals surface area contributed by atoms with Gasteiger partial charge in [0.1, 0.15) is 5.69 Å². The average Bonchev–Trinajstić information content (AvgIpc) is 2.59. The van der Waals surface area contributed by atoms with E-state index in [1.54, 1.807) is 6.07 Å². The fourth-order valence-corrected chi connectivity index (χ4v) is 1.95. The Labute approximate surface area is 97.1 Å². The third kappa shape index (κ3) is 2.65. The number of carbonyl (C=O) groups is 1. The van der Waals surface area contributed by atoms with E-state index in [0.717, 1.165) is 18.5 Å². The van der Waals surface area contributed by atoms with Crippen LogP contribution in [0.2, 0.25) is 0 Å². The zero-order chi connectivity index (χ0) is 12.3. The monoisotopic (exact) mass is 223 g/mol. The quantitative estimate of drug-likeness (QED) is 0.831. The van der Waals surface area contributed by atoms with Crippen molar-refractivity contribution in [3.8, 4) is 0 Å². The summed E-state index contributed by atoms with van der Waals surface area (Å²) in [7, 11) is 0. The largest absolute Gasteiger partial charge is 0.477 e. The second-order valence-corrected chi connectivity index (χ2v) is 4.74. The summed E-state index contributed by atoms with van der Waals surface area (Å²) in [5.74, 6) is -0.297. The molecule has 1 unspecified atom stereocenters. The highest BCUT2D eigenvalue weighted by atomic mass is 16.4. The van der Waals surface area contributed by atoms with Gasteiger partial charge in [0.25, 0.3) is 0 Å². The van der Waals surface area contributed by atoms with Gasteiger partial charge in [0.2, 0.25) is 0 Å². The highest BCUT2D eigenvalue weighted by Gasteiger charge is 2.17. The summed E-state index contributed by atoms with van der Waals surface area (Å²) in [5, 5.41) is 9.14. The maximum Gasteiger partial charge on any atom is 0.352 e. The molecule has 0 bridgehead atoms. The van der Waals surface area contributed by atoms with E-state index in [9.17, 15) is 4.79 Å². The lowest BCUT2D eigenvalue weighted by Gasteiger charge is -2.19. The molecule has 0 aliphatic carbocycles. The third-order valence-corrected chi connectivity index (χ3v) is 2.87. The molecule has 0 saturated carbocycles. The minimum atomic E-state index is -0.838. The van der Waals surface area contributed by atoms with Gasteiger partial charge in [0.05, 0.1) is 0 Å². The van der Waals surface area contributed by atoms with Crippen molar-refractivity contribution in [3.63, 3.8) is 0 Å². The van der Waals surface area contributed by atoms with Crippen LogP contribution in [0.15, 0.2) is 12.1 Å². The van der Waals surface area contributed by atoms with E-state index in [4.69, 9.17) is 5.11 Å². The Morgan fingerprint density at radius 1 is 1.38 bits per heavy atom. The van der Waals surface area contributed by atoms with Gasteiger partial charge in [0.15, 0.2) is 0 Å². The molecule has 0 amide bonds. The van der Waals surface area contributed by atoms with Crippen molar-refractivity contribution in [2.45, 2.75) is 46.6 Å². The SMILES string of the molecule is CCC(C)n1c(CC(C)C)ccc1C(=O)O. The summed E-state index contributed by atoms with van der Waals surface area (Å²) in [6.45, 7) is 8.44. The zero-order valence-corrected chi connectivity index (χ0v) is 10.5. The van der Waals surface area contributed by atoms with Crippen molar-refractivity contribution in [2.24, 2.45) is 5.92 Å². The second kappa shape index (κ2) is 5.19. The molecule has 0 aliphatic heterocycles. The van der Waals surface area contributed by atoms with Crippen LogP contribution in [0.1, 0.15) is 56.3 Å². The number of hydrogen-bond acceptors (Lipinski definition) is 1. The molecule has 0 aromatic carbocycles. The Morgan fingerprint density at radius 2 is 2.00 bits per heavy atom. The maximum absolute atomic E-state index is 11.1. The van der Waals surface area contributed by atoms with Gasteiger partial charge in [-0.05, 0) is 37.8 Å². The van der Waals surface area contributed by atoms with Crippen LogP contribution in [0.5, 0.6) is 0 Å². The Bertz CT molecular complexity index is 366. The Hall–Kier alpha value is -1.25. The predicted molar refractivity (Wildman–Crippen MR) is 64.9 cm³/mol. The average molecular weight is 223 g/mol. The van der Waals surface area contributed by atoms with Gasteiger partial charge in [-0.25, -0.2) is 4.79 Å². The van der Waals surface area contributed by atoms with Crippen LogP contribution in [-0.4, -0.2) is 15.6 Å². The van der Waals surface area contributed by atoms with E-state index in [1.807, 2.05) is 10.6 Å². The summed E-state index contributed by atoms with van der Waals surface area (Å²) in [4.78, 5) is 11.1. The molecule has 1 atom stereocenters. The first-order valence-electron chi connectivity index (χ1n) is 5.90. The fourth-order valence-electron chi connectivity index (χ4n) is 1.95. The second-order valence-electron chi connectivity index (χ2n) is 4.74. The topological polar surface area (TPSA) is 42.2 Å². The number of carboxylic acids is 1. The van der Waals surface area contributed by atoms with Crippen LogP contribution in [0.4, 0.5) is 0 Å². The molecule has 0 saturated heterocycles. The molecule has 90 valence electrons. The molecule has 0 aliphatic rings. The van der Waals surface area contributed by atoms with Gasteiger partial charge in [-0.3, -0.25) is 0 Å². The van der Waals surface area contributed by atoms with Crippen LogP contribution in [0.3, 0.4) is 0 Å². The molecule has 16 heavy (non-hydrogen) atoms. The number of aromatic nitrogens is 1. The summed E-state index contributed by atoms with van der Waals surface area (Å²) in [6, 6.07) is 3.90. The summed E-state index contributed by atoms with van der Waals surface area (Å²) < 4.78 is 1.96. The fraction of sp³-hybridized carbons (Fsp3) is 0.615. The molecule has 1 N–H and O–H groups in total. The van der Waals surface area contributed by atoms with E-state index >= 15 is 0 Å². The highest BCUT2D eigenvalue weighted by Crippen LogP contribution is 2.21. The molecule has 1 aromatic heterocycles. The summed E-state index contributed by atoms with van der Waals surface area (Å²) >= 11 is 0. The van der Waals surface area contributed by atoms with E-state index in [1.165, 1.54) is 0 Å². The van der Waals surface area contributed by atoms with Gasteiger partial charge in [-0.15, -0.1) is 0 Å². The van der Waals surface area contributed by atoms with Crippen LogP contribution in [-0.2, 0) is 6.42 Å². The molecule has 0 spiro atoms. The Kier molecular flexibility index (Phi) is 4.16. The molecule has 1 heterocycles. The molecular formula is C13H21NO2. The molecule has 0 radical (unpaired) electrons. The maximum atomic E-state index is 11.1. The first-order chi connectivity index (χ1) is 7.47. The van der Waals surface area contributed by atoms with Crippen molar-refractivity contribution < 1.29 is 9.90 Å².